The van der Waals surface area contributed by atoms with Crippen LogP contribution in [0.5, 0.6) is 5.75 Å². The van der Waals surface area contributed by atoms with Crippen LogP contribution in [0.15, 0.2) is 22.7 Å². The zero-order valence-electron chi connectivity index (χ0n) is 10.5. The molecule has 0 radical (unpaired) electrons. The predicted octanol–water partition coefficient (Wildman–Crippen LogP) is 2.98. The third-order valence-corrected chi connectivity index (χ3v) is 2.36. The van der Waals surface area contributed by atoms with E-state index in [4.69, 9.17) is 9.47 Å². The van der Waals surface area contributed by atoms with Crippen LogP contribution in [-0.2, 0) is 9.53 Å². The molecule has 1 aromatic rings. The number of hydrogen-bond donors (Lipinski definition) is 0. The Kier molecular flexibility index (Phi) is 4.90. The second kappa shape index (κ2) is 6.00. The maximum absolute atomic E-state index is 11.5. The first-order chi connectivity index (χ1) is 8.31. The highest BCUT2D eigenvalue weighted by molar-refractivity contribution is 9.10. The molecule has 0 aliphatic carbocycles. The number of ether oxygens (including phenoxy) is 2. The molecule has 5 heteroatoms. The SMILES string of the molecule is CC(C)(C)OC(=O)COc1cc(Br)ccc1C=O. The first-order valence-electron chi connectivity index (χ1n) is 5.41. The maximum Gasteiger partial charge on any atom is 0.344 e. The summed E-state index contributed by atoms with van der Waals surface area (Å²) in [5.41, 5.74) is -0.160. The lowest BCUT2D eigenvalue weighted by Gasteiger charge is -2.19. The lowest BCUT2D eigenvalue weighted by molar-refractivity contribution is -0.157. The van der Waals surface area contributed by atoms with Crippen molar-refractivity contribution in [3.63, 3.8) is 0 Å². The van der Waals surface area contributed by atoms with Crippen molar-refractivity contribution < 1.29 is 19.1 Å². The van der Waals surface area contributed by atoms with Gasteiger partial charge in [0.15, 0.2) is 12.9 Å². The van der Waals surface area contributed by atoms with E-state index < -0.39 is 11.6 Å². The van der Waals surface area contributed by atoms with E-state index in [0.29, 0.717) is 17.6 Å². The van der Waals surface area contributed by atoms with Crippen molar-refractivity contribution in [1.29, 1.82) is 0 Å². The fraction of sp³-hybridized carbons (Fsp3) is 0.385. The average Bonchev–Trinajstić information content (AvgIpc) is 2.24. The van der Waals surface area contributed by atoms with E-state index in [1.165, 1.54) is 0 Å². The number of benzene rings is 1. The zero-order chi connectivity index (χ0) is 13.8. The van der Waals surface area contributed by atoms with Crippen LogP contribution < -0.4 is 4.74 Å². The third kappa shape index (κ3) is 4.87. The lowest BCUT2D eigenvalue weighted by atomic mass is 10.2. The summed E-state index contributed by atoms with van der Waals surface area (Å²) in [6, 6.07) is 4.97. The van der Waals surface area contributed by atoms with Gasteiger partial charge in [-0.2, -0.15) is 0 Å². The standard InChI is InChI=1S/C13H15BrO4/c1-13(2,3)18-12(16)8-17-11-6-10(14)5-4-9(11)7-15/h4-7H,8H2,1-3H3. The number of hydrogen-bond acceptors (Lipinski definition) is 4. The highest BCUT2D eigenvalue weighted by Crippen LogP contribution is 2.22. The molecule has 0 N–H and O–H groups in total. The summed E-state index contributed by atoms with van der Waals surface area (Å²) < 4.78 is 11.2. The number of esters is 1. The van der Waals surface area contributed by atoms with Gasteiger partial charge in [-0.15, -0.1) is 0 Å². The van der Waals surface area contributed by atoms with Crippen molar-refractivity contribution in [3.05, 3.63) is 28.2 Å². The monoisotopic (exact) mass is 314 g/mol. The largest absolute Gasteiger partial charge is 0.481 e. The molecule has 0 heterocycles. The fourth-order valence-corrected chi connectivity index (χ4v) is 1.58. The Hall–Kier alpha value is -1.36. The molecule has 18 heavy (non-hydrogen) atoms. The van der Waals surface area contributed by atoms with Crippen LogP contribution in [0, 0.1) is 0 Å². The van der Waals surface area contributed by atoms with Crippen molar-refractivity contribution in [2.45, 2.75) is 26.4 Å². The molecule has 0 spiro atoms. The maximum atomic E-state index is 11.5. The predicted molar refractivity (Wildman–Crippen MR) is 70.9 cm³/mol. The Morgan fingerprint density at radius 1 is 1.39 bits per heavy atom. The summed E-state index contributed by atoms with van der Waals surface area (Å²) in [5, 5.41) is 0. The Morgan fingerprint density at radius 2 is 2.06 bits per heavy atom. The molecule has 4 nitrogen and oxygen atoms in total. The van der Waals surface area contributed by atoms with Gasteiger partial charge in [0.1, 0.15) is 11.4 Å². The second-order valence-electron chi connectivity index (χ2n) is 4.68. The molecule has 0 aliphatic rings. The second-order valence-corrected chi connectivity index (χ2v) is 5.59. The van der Waals surface area contributed by atoms with Crippen molar-refractivity contribution in [3.8, 4) is 5.75 Å². The van der Waals surface area contributed by atoms with Gasteiger partial charge in [-0.3, -0.25) is 4.79 Å². The van der Waals surface area contributed by atoms with Crippen LogP contribution in [-0.4, -0.2) is 24.5 Å². The van der Waals surface area contributed by atoms with Crippen LogP contribution >= 0.6 is 15.9 Å². The summed E-state index contributed by atoms with van der Waals surface area (Å²) in [4.78, 5) is 22.3. The van der Waals surface area contributed by atoms with Crippen LogP contribution in [0.1, 0.15) is 31.1 Å². The molecule has 1 aromatic carbocycles. The number of carbonyl (C=O) groups excluding carboxylic acids is 2. The van der Waals surface area contributed by atoms with Gasteiger partial charge in [0, 0.05) is 4.47 Å². The Morgan fingerprint density at radius 3 is 2.61 bits per heavy atom. The molecule has 98 valence electrons. The highest BCUT2D eigenvalue weighted by atomic mass is 79.9. The van der Waals surface area contributed by atoms with E-state index in [9.17, 15) is 9.59 Å². The van der Waals surface area contributed by atoms with E-state index in [1.54, 1.807) is 39.0 Å². The highest BCUT2D eigenvalue weighted by Gasteiger charge is 2.17. The van der Waals surface area contributed by atoms with Crippen LogP contribution in [0.2, 0.25) is 0 Å². The van der Waals surface area contributed by atoms with Crippen molar-refractivity contribution >= 4 is 28.2 Å². The zero-order valence-corrected chi connectivity index (χ0v) is 12.1. The van der Waals surface area contributed by atoms with Gasteiger partial charge in [-0.25, -0.2) is 4.79 Å². The Bertz CT molecular complexity index is 449. The molecule has 0 saturated carbocycles. The van der Waals surface area contributed by atoms with E-state index in [2.05, 4.69) is 15.9 Å². The molecule has 0 bridgehead atoms. The smallest absolute Gasteiger partial charge is 0.344 e. The van der Waals surface area contributed by atoms with E-state index in [-0.39, 0.29) is 6.61 Å². The van der Waals surface area contributed by atoms with Crippen LogP contribution in [0.3, 0.4) is 0 Å². The fourth-order valence-electron chi connectivity index (χ4n) is 1.24. The summed E-state index contributed by atoms with van der Waals surface area (Å²) in [6.07, 6.45) is 0.677. The molecular formula is C13H15BrO4. The van der Waals surface area contributed by atoms with Crippen molar-refractivity contribution in [2.24, 2.45) is 0 Å². The summed E-state index contributed by atoms with van der Waals surface area (Å²) >= 11 is 3.27. The minimum absolute atomic E-state index is 0.228. The van der Waals surface area contributed by atoms with Gasteiger partial charge in [0.05, 0.1) is 5.56 Å². The van der Waals surface area contributed by atoms with E-state index >= 15 is 0 Å². The van der Waals surface area contributed by atoms with Gasteiger partial charge >= 0.3 is 5.97 Å². The molecular weight excluding hydrogens is 300 g/mol. The van der Waals surface area contributed by atoms with Gasteiger partial charge < -0.3 is 9.47 Å². The third-order valence-electron chi connectivity index (χ3n) is 1.87. The summed E-state index contributed by atoms with van der Waals surface area (Å²) in [7, 11) is 0. The summed E-state index contributed by atoms with van der Waals surface area (Å²) in [6.45, 7) is 5.11. The molecule has 0 aliphatic heterocycles. The summed E-state index contributed by atoms with van der Waals surface area (Å²) in [5.74, 6) is -0.121. The first kappa shape index (κ1) is 14.7. The average molecular weight is 315 g/mol. The quantitative estimate of drug-likeness (QED) is 0.633. The number of halogens is 1. The molecule has 0 aromatic heterocycles. The molecule has 0 fully saturated rings. The Labute approximate surface area is 114 Å². The number of carbonyl (C=O) groups is 2. The van der Waals surface area contributed by atoms with Crippen LogP contribution in [0.4, 0.5) is 0 Å². The van der Waals surface area contributed by atoms with E-state index in [1.807, 2.05) is 0 Å². The molecule has 1 rings (SSSR count). The lowest BCUT2D eigenvalue weighted by Crippen LogP contribution is -2.27. The topological polar surface area (TPSA) is 52.6 Å². The van der Waals surface area contributed by atoms with Gasteiger partial charge in [0.25, 0.3) is 0 Å². The van der Waals surface area contributed by atoms with Gasteiger partial charge in [-0.1, -0.05) is 15.9 Å². The minimum atomic E-state index is -0.550. The van der Waals surface area contributed by atoms with E-state index in [0.717, 1.165) is 4.47 Å². The molecule has 0 unspecified atom stereocenters. The number of aldehydes is 1. The van der Waals surface area contributed by atoms with Gasteiger partial charge in [-0.05, 0) is 39.0 Å². The molecule has 0 saturated heterocycles. The normalized spacial score (nSPS) is 10.9. The van der Waals surface area contributed by atoms with Crippen molar-refractivity contribution in [1.82, 2.24) is 0 Å². The molecule has 0 atom stereocenters. The van der Waals surface area contributed by atoms with Crippen molar-refractivity contribution in [2.75, 3.05) is 6.61 Å². The van der Waals surface area contributed by atoms with Gasteiger partial charge in [0.2, 0.25) is 0 Å². The first-order valence-corrected chi connectivity index (χ1v) is 6.20. The molecule has 0 amide bonds. The Balaban J connectivity index is 2.66. The minimum Gasteiger partial charge on any atom is -0.481 e. The van der Waals surface area contributed by atoms with Crippen LogP contribution in [0.25, 0.3) is 0 Å². The number of rotatable bonds is 4.